The molecule has 1 N–H and O–H groups in total. The first-order chi connectivity index (χ1) is 11.9. The summed E-state index contributed by atoms with van der Waals surface area (Å²) in [5, 5.41) is 13.1. The summed E-state index contributed by atoms with van der Waals surface area (Å²) in [6, 6.07) is 5.83. The Kier molecular flexibility index (Phi) is 4.82. The number of amides is 1. The molecule has 130 valence electrons. The molecule has 2 aromatic rings. The van der Waals surface area contributed by atoms with E-state index in [4.69, 9.17) is 4.42 Å². The zero-order chi connectivity index (χ0) is 18.0. The molecular formula is C20H22N2O2S. The fourth-order valence-corrected chi connectivity index (χ4v) is 4.51. The van der Waals surface area contributed by atoms with E-state index in [1.807, 2.05) is 0 Å². The number of carbonyl (C=O) groups is 1. The van der Waals surface area contributed by atoms with Crippen LogP contribution < -0.4 is 5.32 Å². The predicted octanol–water partition coefficient (Wildman–Crippen LogP) is 5.02. The van der Waals surface area contributed by atoms with Crippen molar-refractivity contribution in [3.8, 4) is 6.07 Å². The summed E-state index contributed by atoms with van der Waals surface area (Å²) in [5.41, 5.74) is 2.01. The number of nitriles is 1. The summed E-state index contributed by atoms with van der Waals surface area (Å²) < 4.78 is 5.17. The van der Waals surface area contributed by atoms with Gasteiger partial charge in [-0.2, -0.15) is 5.26 Å². The lowest BCUT2D eigenvalue weighted by atomic mass is 9.72. The average Bonchev–Trinajstić information content (AvgIpc) is 3.18. The number of anilines is 1. The number of hydrogen-bond donors (Lipinski definition) is 1. The molecule has 25 heavy (non-hydrogen) atoms. The minimum atomic E-state index is -0.251. The molecule has 1 unspecified atom stereocenters. The molecule has 2 heterocycles. The van der Waals surface area contributed by atoms with Gasteiger partial charge in [-0.3, -0.25) is 4.79 Å². The second-order valence-corrected chi connectivity index (χ2v) is 8.57. The van der Waals surface area contributed by atoms with Crippen LogP contribution in [0.2, 0.25) is 0 Å². The minimum Gasteiger partial charge on any atom is -0.465 e. The van der Waals surface area contributed by atoms with Crippen molar-refractivity contribution in [1.82, 2.24) is 0 Å². The molecule has 0 fully saturated rings. The first-order valence-electron chi connectivity index (χ1n) is 8.45. The second-order valence-electron chi connectivity index (χ2n) is 7.46. The van der Waals surface area contributed by atoms with E-state index in [9.17, 15) is 10.1 Å². The first-order valence-corrected chi connectivity index (χ1v) is 9.27. The summed E-state index contributed by atoms with van der Waals surface area (Å²) in [7, 11) is 0. The molecule has 1 amide bonds. The number of furan rings is 1. The fourth-order valence-electron chi connectivity index (χ4n) is 3.23. The lowest BCUT2D eigenvalue weighted by molar-refractivity contribution is -0.111. The van der Waals surface area contributed by atoms with E-state index in [0.717, 1.165) is 24.8 Å². The number of thiophene rings is 1. The number of nitrogens with zero attached hydrogens (tertiary/aromatic N) is 1. The van der Waals surface area contributed by atoms with Crippen molar-refractivity contribution < 1.29 is 9.21 Å². The van der Waals surface area contributed by atoms with Gasteiger partial charge in [-0.25, -0.2) is 0 Å². The largest absolute Gasteiger partial charge is 0.465 e. The van der Waals surface area contributed by atoms with E-state index >= 15 is 0 Å². The number of fused-ring (bicyclic) bond motifs is 1. The van der Waals surface area contributed by atoms with Crippen LogP contribution in [0.3, 0.4) is 0 Å². The lowest BCUT2D eigenvalue weighted by Crippen LogP contribution is -2.26. The molecule has 2 aromatic heterocycles. The molecule has 0 radical (unpaired) electrons. The third-order valence-electron chi connectivity index (χ3n) is 4.78. The molecule has 0 saturated carbocycles. The Hall–Kier alpha value is -2.32. The standard InChI is InChI=1S/C20H22N2O2S/c1-20(2,3)13-6-8-15-16(12-21)19(25-17(15)11-13)22-18(23)9-7-14-5-4-10-24-14/h4-5,7,9-10,13H,6,8,11H2,1-3H3,(H,22,23)/b9-7+. The molecule has 1 atom stereocenters. The van der Waals surface area contributed by atoms with Crippen LogP contribution in [0.5, 0.6) is 0 Å². The Morgan fingerprint density at radius 2 is 2.28 bits per heavy atom. The van der Waals surface area contributed by atoms with Gasteiger partial charge in [0.05, 0.1) is 11.8 Å². The molecule has 3 rings (SSSR count). The molecule has 0 spiro atoms. The van der Waals surface area contributed by atoms with Gasteiger partial charge in [-0.1, -0.05) is 20.8 Å². The highest BCUT2D eigenvalue weighted by Crippen LogP contribution is 2.43. The van der Waals surface area contributed by atoms with Crippen molar-refractivity contribution in [3.63, 3.8) is 0 Å². The van der Waals surface area contributed by atoms with Crippen LogP contribution in [0.25, 0.3) is 6.08 Å². The van der Waals surface area contributed by atoms with Crippen LogP contribution in [0, 0.1) is 22.7 Å². The van der Waals surface area contributed by atoms with Crippen molar-refractivity contribution in [3.05, 3.63) is 46.2 Å². The molecule has 0 aromatic carbocycles. The average molecular weight is 354 g/mol. The van der Waals surface area contributed by atoms with Crippen molar-refractivity contribution in [2.75, 3.05) is 5.32 Å². The van der Waals surface area contributed by atoms with Gasteiger partial charge in [0.2, 0.25) is 5.91 Å². The molecule has 5 heteroatoms. The van der Waals surface area contributed by atoms with Gasteiger partial charge in [0, 0.05) is 11.0 Å². The Morgan fingerprint density at radius 1 is 1.48 bits per heavy atom. The van der Waals surface area contributed by atoms with E-state index in [1.165, 1.54) is 11.0 Å². The highest BCUT2D eigenvalue weighted by molar-refractivity contribution is 7.16. The highest BCUT2D eigenvalue weighted by atomic mass is 32.1. The molecular weight excluding hydrogens is 332 g/mol. The fraction of sp³-hybridized carbons (Fsp3) is 0.400. The molecule has 0 saturated heterocycles. The number of hydrogen-bond acceptors (Lipinski definition) is 4. The van der Waals surface area contributed by atoms with Gasteiger partial charge in [0.1, 0.15) is 16.8 Å². The van der Waals surface area contributed by atoms with Crippen molar-refractivity contribution >= 4 is 28.3 Å². The van der Waals surface area contributed by atoms with E-state index in [0.29, 0.717) is 22.2 Å². The van der Waals surface area contributed by atoms with Gasteiger partial charge in [0.25, 0.3) is 0 Å². The SMILES string of the molecule is CC(C)(C)C1CCc2c(sc(NC(=O)/C=C/c3ccco3)c2C#N)C1. The summed E-state index contributed by atoms with van der Waals surface area (Å²) >= 11 is 1.55. The second kappa shape index (κ2) is 6.89. The lowest BCUT2D eigenvalue weighted by Gasteiger charge is -2.33. The monoisotopic (exact) mass is 354 g/mol. The highest BCUT2D eigenvalue weighted by Gasteiger charge is 2.32. The topological polar surface area (TPSA) is 66.0 Å². The normalized spacial score (nSPS) is 17.3. The van der Waals surface area contributed by atoms with Gasteiger partial charge < -0.3 is 9.73 Å². The Balaban J connectivity index is 1.78. The predicted molar refractivity (Wildman–Crippen MR) is 100 cm³/mol. The van der Waals surface area contributed by atoms with Crippen molar-refractivity contribution in [2.24, 2.45) is 11.3 Å². The Morgan fingerprint density at radius 3 is 2.92 bits per heavy atom. The van der Waals surface area contributed by atoms with Crippen LogP contribution in [-0.2, 0) is 17.6 Å². The van der Waals surface area contributed by atoms with Gasteiger partial charge in [-0.15, -0.1) is 11.3 Å². The maximum Gasteiger partial charge on any atom is 0.249 e. The van der Waals surface area contributed by atoms with Crippen LogP contribution in [0.1, 0.15) is 49.0 Å². The maximum absolute atomic E-state index is 12.2. The van der Waals surface area contributed by atoms with Crippen LogP contribution >= 0.6 is 11.3 Å². The van der Waals surface area contributed by atoms with Crippen LogP contribution in [0.4, 0.5) is 5.00 Å². The number of nitrogens with one attached hydrogen (secondary N) is 1. The Labute approximate surface area is 152 Å². The smallest absolute Gasteiger partial charge is 0.249 e. The summed E-state index contributed by atoms with van der Waals surface area (Å²) in [4.78, 5) is 13.4. The van der Waals surface area contributed by atoms with Crippen molar-refractivity contribution in [1.29, 1.82) is 5.26 Å². The summed E-state index contributed by atoms with van der Waals surface area (Å²) in [6.45, 7) is 6.80. The minimum absolute atomic E-state index is 0.251. The first kappa shape index (κ1) is 17.5. The van der Waals surface area contributed by atoms with Crippen molar-refractivity contribution in [2.45, 2.75) is 40.0 Å². The molecule has 0 bridgehead atoms. The van der Waals surface area contributed by atoms with Crippen LogP contribution in [0.15, 0.2) is 28.9 Å². The van der Waals surface area contributed by atoms with Gasteiger partial charge >= 0.3 is 0 Å². The van der Waals surface area contributed by atoms with Gasteiger partial charge in [0.15, 0.2) is 0 Å². The third kappa shape index (κ3) is 3.85. The summed E-state index contributed by atoms with van der Waals surface area (Å²) in [6.07, 6.45) is 7.59. The molecule has 1 aliphatic carbocycles. The Bertz CT molecular complexity index is 832. The zero-order valence-corrected chi connectivity index (χ0v) is 15.6. The molecule has 0 aliphatic heterocycles. The third-order valence-corrected chi connectivity index (χ3v) is 5.95. The molecule has 1 aliphatic rings. The number of rotatable bonds is 3. The zero-order valence-electron chi connectivity index (χ0n) is 14.8. The van der Waals surface area contributed by atoms with Gasteiger partial charge in [-0.05, 0) is 54.4 Å². The van der Waals surface area contributed by atoms with E-state index in [2.05, 4.69) is 32.2 Å². The maximum atomic E-state index is 12.2. The summed E-state index contributed by atoms with van der Waals surface area (Å²) in [5.74, 6) is 0.973. The van der Waals surface area contributed by atoms with E-state index in [-0.39, 0.29) is 11.3 Å². The molecule has 4 nitrogen and oxygen atoms in total. The number of carbonyl (C=O) groups excluding carboxylic acids is 1. The van der Waals surface area contributed by atoms with E-state index < -0.39 is 0 Å². The van der Waals surface area contributed by atoms with E-state index in [1.54, 1.807) is 35.8 Å². The quantitative estimate of drug-likeness (QED) is 0.787. The van der Waals surface area contributed by atoms with Crippen LogP contribution in [-0.4, -0.2) is 5.91 Å².